The first-order valence-corrected chi connectivity index (χ1v) is 6.79. The maximum absolute atomic E-state index is 10.7. The predicted octanol–water partition coefficient (Wildman–Crippen LogP) is 4.72. The first-order valence-electron chi connectivity index (χ1n) is 5.18. The third-order valence-electron chi connectivity index (χ3n) is 2.42. The number of carbonyl (C=O) groups is 1. The Morgan fingerprint density at radius 2 is 1.71 bits per heavy atom. The summed E-state index contributed by atoms with van der Waals surface area (Å²) < 4.78 is 1.08. The Balaban J connectivity index is 2.21. The van der Waals surface area contributed by atoms with E-state index in [1.807, 2.05) is 37.3 Å². The van der Waals surface area contributed by atoms with Crippen molar-refractivity contribution in [3.8, 4) is 0 Å². The van der Waals surface area contributed by atoms with Crippen LogP contribution >= 0.6 is 27.7 Å². The van der Waals surface area contributed by atoms with E-state index in [2.05, 4.69) is 28.1 Å². The molecule has 0 aliphatic carbocycles. The molecule has 0 amide bonds. The number of hydrogen-bond donors (Lipinski definition) is 0. The van der Waals surface area contributed by atoms with Gasteiger partial charge in [-0.25, -0.2) is 0 Å². The molecule has 17 heavy (non-hydrogen) atoms. The van der Waals surface area contributed by atoms with Gasteiger partial charge in [-0.15, -0.1) is 0 Å². The molecule has 0 unspecified atom stereocenters. The van der Waals surface area contributed by atoms with Crippen molar-refractivity contribution in [2.75, 3.05) is 0 Å². The lowest BCUT2D eigenvalue weighted by Gasteiger charge is -2.04. The van der Waals surface area contributed by atoms with Crippen molar-refractivity contribution in [2.45, 2.75) is 16.7 Å². The molecule has 0 saturated carbocycles. The topological polar surface area (TPSA) is 17.1 Å². The van der Waals surface area contributed by atoms with Gasteiger partial charge in [-0.05, 0) is 48.9 Å². The van der Waals surface area contributed by atoms with Gasteiger partial charge in [0.25, 0.3) is 0 Å². The van der Waals surface area contributed by atoms with E-state index in [1.54, 1.807) is 11.8 Å². The molecule has 2 rings (SSSR count). The van der Waals surface area contributed by atoms with Crippen molar-refractivity contribution in [1.82, 2.24) is 0 Å². The third-order valence-corrected chi connectivity index (χ3v) is 3.94. The number of benzene rings is 2. The number of hydrogen-bond acceptors (Lipinski definition) is 2. The fourth-order valence-electron chi connectivity index (χ4n) is 1.48. The van der Waals surface area contributed by atoms with Crippen LogP contribution in [0.2, 0.25) is 0 Å². The minimum atomic E-state index is 0.755. The van der Waals surface area contributed by atoms with E-state index in [4.69, 9.17) is 0 Å². The van der Waals surface area contributed by atoms with Gasteiger partial charge in [-0.1, -0.05) is 33.8 Å². The third kappa shape index (κ3) is 3.20. The zero-order valence-corrected chi connectivity index (χ0v) is 11.7. The summed E-state index contributed by atoms with van der Waals surface area (Å²) in [6.45, 7) is 1.95. The van der Waals surface area contributed by atoms with Gasteiger partial charge < -0.3 is 0 Å². The van der Waals surface area contributed by atoms with Gasteiger partial charge in [0, 0.05) is 19.8 Å². The van der Waals surface area contributed by atoms with Crippen LogP contribution in [0, 0.1) is 6.92 Å². The Morgan fingerprint density at radius 1 is 1.06 bits per heavy atom. The van der Waals surface area contributed by atoms with Crippen LogP contribution in [0.25, 0.3) is 0 Å². The number of halogens is 1. The lowest BCUT2D eigenvalue weighted by atomic mass is 10.1. The molecule has 0 fully saturated rings. The molecule has 0 aliphatic rings. The second-order valence-electron chi connectivity index (χ2n) is 3.69. The zero-order valence-electron chi connectivity index (χ0n) is 9.31. The van der Waals surface area contributed by atoms with Crippen LogP contribution in [0.3, 0.4) is 0 Å². The molecular weight excluding hydrogens is 296 g/mol. The summed E-state index contributed by atoms with van der Waals surface area (Å²) in [5.41, 5.74) is 1.77. The van der Waals surface area contributed by atoms with E-state index in [9.17, 15) is 4.79 Å². The molecule has 0 N–H and O–H groups in total. The van der Waals surface area contributed by atoms with Crippen molar-refractivity contribution < 1.29 is 4.79 Å². The normalized spacial score (nSPS) is 10.2. The van der Waals surface area contributed by atoms with Gasteiger partial charge in [0.1, 0.15) is 6.29 Å². The van der Waals surface area contributed by atoms with Crippen molar-refractivity contribution in [3.63, 3.8) is 0 Å². The van der Waals surface area contributed by atoms with Gasteiger partial charge in [0.15, 0.2) is 0 Å². The van der Waals surface area contributed by atoms with Gasteiger partial charge in [-0.2, -0.15) is 0 Å². The average Bonchev–Trinajstić information content (AvgIpc) is 2.32. The highest BCUT2D eigenvalue weighted by Crippen LogP contribution is 2.29. The highest BCUT2D eigenvalue weighted by Gasteiger charge is 2.01. The van der Waals surface area contributed by atoms with Crippen LogP contribution < -0.4 is 0 Å². The van der Waals surface area contributed by atoms with Crippen molar-refractivity contribution in [3.05, 3.63) is 58.1 Å². The fourth-order valence-corrected chi connectivity index (χ4v) is 2.66. The predicted molar refractivity (Wildman–Crippen MR) is 74.8 cm³/mol. The van der Waals surface area contributed by atoms with E-state index in [1.165, 1.54) is 4.90 Å². The van der Waals surface area contributed by atoms with Crippen molar-refractivity contribution >= 4 is 34.0 Å². The smallest absolute Gasteiger partial charge is 0.150 e. The molecule has 0 radical (unpaired) electrons. The molecule has 0 atom stereocenters. The van der Waals surface area contributed by atoms with E-state index in [0.29, 0.717) is 0 Å². The molecule has 0 heterocycles. The number of aryl methyl sites for hydroxylation is 1. The van der Waals surface area contributed by atoms with Crippen LogP contribution in [0.5, 0.6) is 0 Å². The highest BCUT2D eigenvalue weighted by atomic mass is 79.9. The van der Waals surface area contributed by atoms with E-state index in [-0.39, 0.29) is 0 Å². The summed E-state index contributed by atoms with van der Waals surface area (Å²) in [6, 6.07) is 14.1. The number of rotatable bonds is 3. The Labute approximate surface area is 113 Å². The average molecular weight is 307 g/mol. The Morgan fingerprint density at radius 3 is 2.29 bits per heavy atom. The Kier molecular flexibility index (Phi) is 4.02. The molecule has 0 aromatic heterocycles. The van der Waals surface area contributed by atoms with Crippen LogP contribution in [-0.2, 0) is 0 Å². The molecule has 0 aliphatic heterocycles. The largest absolute Gasteiger partial charge is 0.298 e. The van der Waals surface area contributed by atoms with Crippen LogP contribution in [0.15, 0.2) is 56.7 Å². The molecule has 1 nitrogen and oxygen atoms in total. The summed E-state index contributed by atoms with van der Waals surface area (Å²) in [7, 11) is 0. The summed E-state index contributed by atoms with van der Waals surface area (Å²) in [5.74, 6) is 0. The maximum Gasteiger partial charge on any atom is 0.150 e. The van der Waals surface area contributed by atoms with Gasteiger partial charge in [0.2, 0.25) is 0 Å². The minimum Gasteiger partial charge on any atom is -0.298 e. The van der Waals surface area contributed by atoms with Gasteiger partial charge in [0.05, 0.1) is 0 Å². The summed E-state index contributed by atoms with van der Waals surface area (Å²) in [6.07, 6.45) is 0.892. The summed E-state index contributed by atoms with van der Waals surface area (Å²) in [4.78, 5) is 13.1. The minimum absolute atomic E-state index is 0.755. The lowest BCUT2D eigenvalue weighted by molar-refractivity contribution is 0.112. The van der Waals surface area contributed by atoms with Crippen molar-refractivity contribution in [2.24, 2.45) is 0 Å². The monoisotopic (exact) mass is 306 g/mol. The zero-order chi connectivity index (χ0) is 12.3. The first-order chi connectivity index (χ1) is 8.19. The molecule has 0 spiro atoms. The fraction of sp³-hybridized carbons (Fsp3) is 0.0714. The van der Waals surface area contributed by atoms with Crippen LogP contribution in [0.1, 0.15) is 15.9 Å². The SMILES string of the molecule is Cc1cc(Sc2ccc(Br)cc2)ccc1C=O. The molecule has 0 bridgehead atoms. The second-order valence-corrected chi connectivity index (χ2v) is 5.75. The standard InChI is InChI=1S/C14H11BrOS/c1-10-8-14(5-2-11(10)9-16)17-13-6-3-12(15)4-7-13/h2-9H,1H3. The maximum atomic E-state index is 10.7. The molecule has 3 heteroatoms. The van der Waals surface area contributed by atoms with Gasteiger partial charge in [-0.3, -0.25) is 4.79 Å². The second kappa shape index (κ2) is 5.52. The first kappa shape index (κ1) is 12.4. The molecular formula is C14H11BrOS. The summed E-state index contributed by atoms with van der Waals surface area (Å²) >= 11 is 5.11. The molecule has 2 aromatic rings. The molecule has 0 saturated heterocycles. The Bertz CT molecular complexity index is 534. The molecule has 86 valence electrons. The Hall–Kier alpha value is -1.06. The number of aldehydes is 1. The lowest BCUT2D eigenvalue weighted by Crippen LogP contribution is -1.85. The van der Waals surface area contributed by atoms with Gasteiger partial charge >= 0.3 is 0 Å². The van der Waals surface area contributed by atoms with Crippen LogP contribution in [0.4, 0.5) is 0 Å². The van der Waals surface area contributed by atoms with Crippen molar-refractivity contribution in [1.29, 1.82) is 0 Å². The van der Waals surface area contributed by atoms with E-state index >= 15 is 0 Å². The van der Waals surface area contributed by atoms with Crippen LogP contribution in [-0.4, -0.2) is 6.29 Å². The number of carbonyl (C=O) groups excluding carboxylic acids is 1. The summed E-state index contributed by atoms with van der Waals surface area (Å²) in [5, 5.41) is 0. The highest BCUT2D eigenvalue weighted by molar-refractivity contribution is 9.10. The van der Waals surface area contributed by atoms with E-state index < -0.39 is 0 Å². The molecule has 2 aromatic carbocycles. The quantitative estimate of drug-likeness (QED) is 0.763. The van der Waals surface area contributed by atoms with E-state index in [0.717, 1.165) is 26.8 Å².